The third-order valence-corrected chi connectivity index (χ3v) is 3.81. The van der Waals surface area contributed by atoms with Gasteiger partial charge in [0.1, 0.15) is 5.76 Å². The molecule has 1 atom stereocenters. The van der Waals surface area contributed by atoms with Crippen LogP contribution in [0.25, 0.3) is 11.5 Å². The van der Waals surface area contributed by atoms with Gasteiger partial charge in [0.05, 0.1) is 12.2 Å². The van der Waals surface area contributed by atoms with Crippen LogP contribution in [-0.4, -0.2) is 16.0 Å². The molecule has 2 aromatic heterocycles. The number of nitrogens with one attached hydrogen (secondary N) is 2. The summed E-state index contributed by atoms with van der Waals surface area (Å²) in [5.41, 5.74) is 2.51. The summed E-state index contributed by atoms with van der Waals surface area (Å²) in [6, 6.07) is 10.9. The second-order valence-corrected chi connectivity index (χ2v) is 5.70. The Morgan fingerprint density at radius 3 is 2.72 bits per heavy atom. The predicted molar refractivity (Wildman–Crippen MR) is 96.1 cm³/mol. The molecule has 3 aromatic rings. The number of pyridine rings is 1. The molecule has 2 heterocycles. The molecular formula is C19H20N4O2. The summed E-state index contributed by atoms with van der Waals surface area (Å²) in [4.78, 5) is 20.5. The second-order valence-electron chi connectivity index (χ2n) is 5.70. The van der Waals surface area contributed by atoms with E-state index in [1.807, 2.05) is 50.2 Å². The summed E-state index contributed by atoms with van der Waals surface area (Å²) in [5, 5.41) is 5.84. The number of nitrogens with zero attached hydrogens (tertiary/aromatic N) is 2. The molecule has 0 aliphatic rings. The SMILES string of the molecule is CC[C@@H](NC(=O)Nc1cccc(-c2ncc(C)o2)c1)c1ccncc1. The molecule has 0 unspecified atom stereocenters. The standard InChI is InChI=1S/C19H20N4O2/c1-3-17(14-7-9-20-10-8-14)23-19(24)22-16-6-4-5-15(11-16)18-21-12-13(2)25-18/h4-12,17H,3H2,1-2H3,(H2,22,23,24)/t17-/m1/s1. The zero-order valence-corrected chi connectivity index (χ0v) is 14.2. The maximum Gasteiger partial charge on any atom is 0.319 e. The lowest BCUT2D eigenvalue weighted by atomic mass is 10.1. The number of hydrogen-bond donors (Lipinski definition) is 2. The Hall–Kier alpha value is -3.15. The van der Waals surface area contributed by atoms with Crippen LogP contribution in [0.5, 0.6) is 0 Å². The van der Waals surface area contributed by atoms with Crippen molar-refractivity contribution in [1.29, 1.82) is 0 Å². The van der Waals surface area contributed by atoms with Gasteiger partial charge < -0.3 is 15.1 Å². The number of amides is 2. The van der Waals surface area contributed by atoms with Crippen molar-refractivity contribution in [2.75, 3.05) is 5.32 Å². The van der Waals surface area contributed by atoms with E-state index in [-0.39, 0.29) is 12.1 Å². The Balaban J connectivity index is 1.68. The first-order valence-corrected chi connectivity index (χ1v) is 8.16. The quantitative estimate of drug-likeness (QED) is 0.727. The van der Waals surface area contributed by atoms with Gasteiger partial charge in [0, 0.05) is 23.6 Å². The molecule has 0 spiro atoms. The van der Waals surface area contributed by atoms with Gasteiger partial charge in [0.2, 0.25) is 5.89 Å². The number of carbonyl (C=O) groups excluding carboxylic acids is 1. The third kappa shape index (κ3) is 4.23. The van der Waals surface area contributed by atoms with E-state index in [1.54, 1.807) is 18.6 Å². The van der Waals surface area contributed by atoms with Crippen LogP contribution in [0.2, 0.25) is 0 Å². The normalized spacial score (nSPS) is 11.8. The smallest absolute Gasteiger partial charge is 0.319 e. The fraction of sp³-hybridized carbons (Fsp3) is 0.211. The highest BCUT2D eigenvalue weighted by molar-refractivity contribution is 5.90. The van der Waals surface area contributed by atoms with Crippen LogP contribution in [0.3, 0.4) is 0 Å². The predicted octanol–water partition coefficient (Wildman–Crippen LogP) is 4.32. The zero-order valence-electron chi connectivity index (χ0n) is 14.2. The summed E-state index contributed by atoms with van der Waals surface area (Å²) in [5.74, 6) is 1.28. The second kappa shape index (κ2) is 7.61. The molecule has 128 valence electrons. The third-order valence-electron chi connectivity index (χ3n) is 3.81. The topological polar surface area (TPSA) is 80.0 Å². The summed E-state index contributed by atoms with van der Waals surface area (Å²) in [6.45, 7) is 3.87. The summed E-state index contributed by atoms with van der Waals surface area (Å²) < 4.78 is 5.52. The number of aryl methyl sites for hydroxylation is 1. The van der Waals surface area contributed by atoms with E-state index >= 15 is 0 Å². The first kappa shape index (κ1) is 16.7. The Morgan fingerprint density at radius 2 is 2.04 bits per heavy atom. The number of carbonyl (C=O) groups is 1. The highest BCUT2D eigenvalue weighted by Crippen LogP contribution is 2.22. The molecule has 0 fully saturated rings. The maximum absolute atomic E-state index is 12.3. The summed E-state index contributed by atoms with van der Waals surface area (Å²) in [6.07, 6.45) is 5.90. The van der Waals surface area contributed by atoms with Crippen molar-refractivity contribution in [2.45, 2.75) is 26.3 Å². The van der Waals surface area contributed by atoms with E-state index in [0.717, 1.165) is 23.3 Å². The van der Waals surface area contributed by atoms with Crippen LogP contribution in [0, 0.1) is 6.92 Å². The molecule has 2 N–H and O–H groups in total. The fourth-order valence-corrected chi connectivity index (χ4v) is 2.56. The van der Waals surface area contributed by atoms with Gasteiger partial charge in [-0.3, -0.25) is 4.98 Å². The summed E-state index contributed by atoms with van der Waals surface area (Å²) in [7, 11) is 0. The number of oxazole rings is 1. The minimum Gasteiger partial charge on any atom is -0.441 e. The van der Waals surface area contributed by atoms with E-state index in [9.17, 15) is 4.79 Å². The average molecular weight is 336 g/mol. The van der Waals surface area contributed by atoms with Crippen molar-refractivity contribution in [3.8, 4) is 11.5 Å². The molecule has 2 amide bonds. The van der Waals surface area contributed by atoms with E-state index in [0.29, 0.717) is 11.6 Å². The molecule has 1 aromatic carbocycles. The molecule has 0 bridgehead atoms. The van der Waals surface area contributed by atoms with E-state index in [4.69, 9.17) is 4.42 Å². The Kier molecular flexibility index (Phi) is 5.09. The van der Waals surface area contributed by atoms with Gasteiger partial charge in [-0.05, 0) is 49.2 Å². The largest absolute Gasteiger partial charge is 0.441 e. The lowest BCUT2D eigenvalue weighted by molar-refractivity contribution is 0.248. The van der Waals surface area contributed by atoms with Crippen molar-refractivity contribution in [3.63, 3.8) is 0 Å². The lowest BCUT2D eigenvalue weighted by Gasteiger charge is -2.17. The van der Waals surface area contributed by atoms with Crippen LogP contribution in [0.15, 0.2) is 59.4 Å². The Morgan fingerprint density at radius 1 is 1.24 bits per heavy atom. The van der Waals surface area contributed by atoms with Crippen molar-refractivity contribution in [2.24, 2.45) is 0 Å². The van der Waals surface area contributed by atoms with Crippen molar-refractivity contribution < 1.29 is 9.21 Å². The number of urea groups is 1. The van der Waals surface area contributed by atoms with Crippen LogP contribution in [0.1, 0.15) is 30.7 Å². The molecule has 0 radical (unpaired) electrons. The lowest BCUT2D eigenvalue weighted by Crippen LogP contribution is -2.32. The highest BCUT2D eigenvalue weighted by Gasteiger charge is 2.13. The summed E-state index contributed by atoms with van der Waals surface area (Å²) >= 11 is 0. The molecule has 0 saturated heterocycles. The molecule has 0 saturated carbocycles. The van der Waals surface area contributed by atoms with Crippen molar-refractivity contribution in [3.05, 3.63) is 66.3 Å². The first-order chi connectivity index (χ1) is 12.2. The molecule has 0 aliphatic heterocycles. The molecule has 6 heteroatoms. The number of aromatic nitrogens is 2. The van der Waals surface area contributed by atoms with Crippen LogP contribution >= 0.6 is 0 Å². The molecular weight excluding hydrogens is 316 g/mol. The number of benzene rings is 1. The molecule has 25 heavy (non-hydrogen) atoms. The van der Waals surface area contributed by atoms with Crippen LogP contribution in [0.4, 0.5) is 10.5 Å². The fourth-order valence-electron chi connectivity index (χ4n) is 2.56. The number of hydrogen-bond acceptors (Lipinski definition) is 4. The maximum atomic E-state index is 12.3. The minimum absolute atomic E-state index is 0.0689. The zero-order chi connectivity index (χ0) is 17.6. The molecule has 3 rings (SSSR count). The van der Waals surface area contributed by atoms with Gasteiger partial charge in [-0.2, -0.15) is 0 Å². The minimum atomic E-state index is -0.260. The van der Waals surface area contributed by atoms with E-state index in [1.165, 1.54) is 0 Å². The number of rotatable bonds is 5. The monoisotopic (exact) mass is 336 g/mol. The van der Waals surface area contributed by atoms with E-state index in [2.05, 4.69) is 20.6 Å². The van der Waals surface area contributed by atoms with Crippen LogP contribution in [-0.2, 0) is 0 Å². The Labute approximate surface area is 146 Å². The average Bonchev–Trinajstić information content (AvgIpc) is 3.07. The van der Waals surface area contributed by atoms with Gasteiger partial charge in [-0.1, -0.05) is 13.0 Å². The highest BCUT2D eigenvalue weighted by atomic mass is 16.4. The van der Waals surface area contributed by atoms with Gasteiger partial charge >= 0.3 is 6.03 Å². The molecule has 6 nitrogen and oxygen atoms in total. The van der Waals surface area contributed by atoms with Crippen molar-refractivity contribution in [1.82, 2.24) is 15.3 Å². The number of anilines is 1. The van der Waals surface area contributed by atoms with Gasteiger partial charge in [0.15, 0.2) is 0 Å². The van der Waals surface area contributed by atoms with Gasteiger partial charge in [-0.15, -0.1) is 0 Å². The van der Waals surface area contributed by atoms with Gasteiger partial charge in [0.25, 0.3) is 0 Å². The molecule has 0 aliphatic carbocycles. The Bertz CT molecular complexity index is 845. The first-order valence-electron chi connectivity index (χ1n) is 8.16. The van der Waals surface area contributed by atoms with E-state index < -0.39 is 0 Å². The van der Waals surface area contributed by atoms with Crippen molar-refractivity contribution >= 4 is 11.7 Å². The van der Waals surface area contributed by atoms with Gasteiger partial charge in [-0.25, -0.2) is 9.78 Å². The van der Waals surface area contributed by atoms with Crippen LogP contribution < -0.4 is 10.6 Å².